The van der Waals surface area contributed by atoms with Crippen LogP contribution in [0.1, 0.15) is 123 Å². The number of esters is 4. The van der Waals surface area contributed by atoms with Gasteiger partial charge in [-0.05, 0) is 140 Å². The minimum Gasteiger partial charge on any atom is -0.504 e. The molecule has 2 aliphatic carbocycles. The Morgan fingerprint density at radius 3 is 1.38 bits per heavy atom. The molecule has 4 atom stereocenters. The smallest absolute Gasteiger partial charge is 0.338 e. The van der Waals surface area contributed by atoms with Gasteiger partial charge in [0.15, 0.2) is 23.0 Å². The van der Waals surface area contributed by atoms with E-state index < -0.39 is 51.8 Å². The minimum absolute atomic E-state index is 0.0371. The lowest BCUT2D eigenvalue weighted by molar-refractivity contribution is -0.157. The van der Waals surface area contributed by atoms with Crippen LogP contribution in [-0.4, -0.2) is 135 Å². The van der Waals surface area contributed by atoms with E-state index in [1.54, 1.807) is 19.1 Å². The molecule has 20 nitrogen and oxygen atoms in total. The van der Waals surface area contributed by atoms with Crippen LogP contribution < -0.4 is 30.7 Å². The van der Waals surface area contributed by atoms with Gasteiger partial charge in [-0.25, -0.2) is 9.59 Å². The predicted octanol–water partition coefficient (Wildman–Crippen LogP) is 7.34. The largest absolute Gasteiger partial charge is 0.504 e. The van der Waals surface area contributed by atoms with Crippen molar-refractivity contribution < 1.29 is 76.9 Å². The molecule has 8 rings (SSSR count). The van der Waals surface area contributed by atoms with Crippen LogP contribution in [0.15, 0.2) is 84.9 Å². The molecule has 4 fully saturated rings. The molecule has 0 radical (unpaired) electrons. The molecule has 4 aromatic rings. The maximum absolute atomic E-state index is 13.5. The van der Waals surface area contributed by atoms with Crippen LogP contribution in [0.25, 0.3) is 0 Å². The lowest BCUT2D eigenvalue weighted by atomic mass is 10.0. The monoisotopic (exact) mass is 1160 g/mol. The molecule has 4 unspecified atom stereocenters. The van der Waals surface area contributed by atoms with Gasteiger partial charge < -0.3 is 69.4 Å². The first-order chi connectivity index (χ1) is 39.9. The van der Waals surface area contributed by atoms with Gasteiger partial charge in [0.1, 0.15) is 38.6 Å². The maximum atomic E-state index is 13.5. The van der Waals surface area contributed by atoms with Gasteiger partial charge in [-0.2, -0.15) is 0 Å². The van der Waals surface area contributed by atoms with Crippen LogP contribution >= 0.6 is 0 Å². The predicted molar refractivity (Wildman–Crippen MR) is 310 cm³/mol. The molecule has 2 aliphatic heterocycles. The summed E-state index contributed by atoms with van der Waals surface area (Å²) in [4.78, 5) is 76.5. The summed E-state index contributed by atoms with van der Waals surface area (Å²) in [6, 6.07) is 25.4. The third kappa shape index (κ3) is 19.4. The summed E-state index contributed by atoms with van der Waals surface area (Å²) in [6.07, 6.45) is 2.95. The summed E-state index contributed by atoms with van der Waals surface area (Å²) in [5.41, 5.74) is 1.43. The van der Waals surface area contributed by atoms with Crippen LogP contribution in [-0.2, 0) is 60.8 Å². The van der Waals surface area contributed by atoms with Gasteiger partial charge >= 0.3 is 23.9 Å². The highest BCUT2D eigenvalue weighted by molar-refractivity contribution is 5.93. The number of amides is 2. The van der Waals surface area contributed by atoms with E-state index in [9.17, 15) is 39.0 Å². The van der Waals surface area contributed by atoms with Crippen LogP contribution in [0.5, 0.6) is 23.0 Å². The topological polar surface area (TPSA) is 265 Å². The zero-order valence-corrected chi connectivity index (χ0v) is 49.7. The summed E-state index contributed by atoms with van der Waals surface area (Å²) in [7, 11) is 0. The third-order valence-corrected chi connectivity index (χ3v) is 15.5. The van der Waals surface area contributed by atoms with E-state index in [4.69, 9.17) is 37.9 Å². The van der Waals surface area contributed by atoms with Crippen molar-refractivity contribution in [2.75, 3.05) is 65.8 Å². The van der Waals surface area contributed by atoms with Gasteiger partial charge in [-0.1, -0.05) is 60.7 Å². The molecule has 0 bridgehead atoms. The number of phenols is 2. The van der Waals surface area contributed by atoms with Crippen LogP contribution in [0, 0.1) is 36.5 Å². The summed E-state index contributed by atoms with van der Waals surface area (Å²) >= 11 is 0. The summed E-state index contributed by atoms with van der Waals surface area (Å²) < 4.78 is 45.7. The van der Waals surface area contributed by atoms with Gasteiger partial charge in [0.25, 0.3) is 0 Å². The second kappa shape index (κ2) is 29.0. The fourth-order valence-corrected chi connectivity index (χ4v) is 8.90. The summed E-state index contributed by atoms with van der Waals surface area (Å²) in [5.74, 6) is -2.13. The highest BCUT2D eigenvalue weighted by Crippen LogP contribution is 2.47. The van der Waals surface area contributed by atoms with Crippen LogP contribution in [0.3, 0.4) is 0 Å². The van der Waals surface area contributed by atoms with Crippen LogP contribution in [0.2, 0.25) is 0 Å². The van der Waals surface area contributed by atoms with E-state index in [0.29, 0.717) is 87.2 Å². The summed E-state index contributed by atoms with van der Waals surface area (Å²) in [6.45, 7) is 18.3. The highest BCUT2D eigenvalue weighted by atomic mass is 16.6. The minimum atomic E-state index is -0.756. The molecule has 2 saturated heterocycles. The highest BCUT2D eigenvalue weighted by Gasteiger charge is 2.48. The Balaban J connectivity index is 0.000000255. The lowest BCUT2D eigenvalue weighted by Crippen LogP contribution is -2.53. The second-order valence-corrected chi connectivity index (χ2v) is 24.3. The van der Waals surface area contributed by atoms with E-state index in [1.807, 2.05) is 109 Å². The molecule has 2 saturated carbocycles. The number of rotatable bonds is 28. The van der Waals surface area contributed by atoms with Crippen molar-refractivity contribution in [2.24, 2.45) is 22.7 Å². The summed E-state index contributed by atoms with van der Waals surface area (Å²) in [5, 5.41) is 31.9. The van der Waals surface area contributed by atoms with Crippen molar-refractivity contribution in [1.29, 1.82) is 0 Å². The van der Waals surface area contributed by atoms with Crippen molar-refractivity contribution in [2.45, 2.75) is 130 Å². The Kier molecular flexibility index (Phi) is 22.2. The molecule has 2 amide bonds. The van der Waals surface area contributed by atoms with Gasteiger partial charge in [0.05, 0.1) is 47.0 Å². The van der Waals surface area contributed by atoms with Crippen molar-refractivity contribution >= 4 is 35.7 Å². The molecule has 84 heavy (non-hydrogen) atoms. The number of aromatic hydroxyl groups is 2. The van der Waals surface area contributed by atoms with E-state index in [-0.39, 0.29) is 79.8 Å². The average Bonchev–Trinajstić information content (AvgIpc) is 4.03. The number of phenolic OH excluding ortho intramolecular Hbond substituents is 2. The van der Waals surface area contributed by atoms with Crippen molar-refractivity contribution in [3.8, 4) is 23.0 Å². The van der Waals surface area contributed by atoms with E-state index in [0.717, 1.165) is 42.9 Å². The second-order valence-electron chi connectivity index (χ2n) is 24.3. The maximum Gasteiger partial charge on any atom is 0.338 e. The van der Waals surface area contributed by atoms with Crippen molar-refractivity contribution in [3.63, 3.8) is 0 Å². The zero-order valence-electron chi connectivity index (χ0n) is 49.7. The standard InChI is InChI=1S/C39H48N2O8.C25H36N2O8/c1-27-19-33(46-22-28-11-7-5-8-12-28)34(47-23-29-13-9-6-10-14-29)20-32(27)36(43)48-25-31(49-37(44)39(4)16-17-39)21-41-38(2,3)26-40-35(42)30-15-18-45-24-30;1-15-9-19(28)20(29)10-18(15)22(31)34-13-17(35-23(32)25(4)6-7-25)11-27-24(2,3)14-26-21(30)16-5-8-33-12-16/h5-14,19-20,30-31,41H,15-18,21-26H2,1-4H3,(H,40,42);9-10,16-17,27-29H,5-8,11-14H2,1-4H3,(H,26,30). The number of carbonyl (C=O) groups excluding carboxylic acids is 6. The fraction of sp³-hybridized carbons (Fsp3) is 0.531. The molecule has 20 heteroatoms. The number of hydrogen-bond donors (Lipinski definition) is 6. The molecule has 2 heterocycles. The molecule has 456 valence electrons. The van der Waals surface area contributed by atoms with E-state index in [1.165, 1.54) is 6.07 Å². The average molecular weight is 1170 g/mol. The third-order valence-electron chi connectivity index (χ3n) is 15.5. The normalized spacial score (nSPS) is 18.1. The molecule has 4 aliphatic rings. The molecule has 0 aromatic heterocycles. The fourth-order valence-electron chi connectivity index (χ4n) is 8.90. The Hall–Kier alpha value is -7.26. The SMILES string of the molecule is Cc1cc(O)c(O)cc1C(=O)OCC(CNC(C)(C)CNC(=O)C1CCOC1)OC(=O)C1(C)CC1.Cc1cc(OCc2ccccc2)c(OCc2ccccc2)cc1C(=O)OCC(CNC(C)(C)CNC(=O)C1CCOC1)OC(=O)C1(C)CC1. The van der Waals surface area contributed by atoms with Crippen LogP contribution in [0.4, 0.5) is 0 Å². The molecular weight excluding hydrogens is 1080 g/mol. The lowest BCUT2D eigenvalue weighted by Gasteiger charge is -2.30. The molecule has 0 spiro atoms. The Bertz CT molecular complexity index is 2900. The van der Waals surface area contributed by atoms with E-state index in [2.05, 4.69) is 21.3 Å². The molecular formula is C64H84N4O16. The number of nitrogens with one attached hydrogen (secondary N) is 4. The van der Waals surface area contributed by atoms with Gasteiger partial charge in [-0.3, -0.25) is 19.2 Å². The van der Waals surface area contributed by atoms with Crippen molar-refractivity contribution in [3.05, 3.63) is 118 Å². The number of aryl methyl sites for hydroxylation is 2. The number of carbonyl (C=O) groups is 6. The Labute approximate surface area is 492 Å². The van der Waals surface area contributed by atoms with Gasteiger partial charge in [0, 0.05) is 50.5 Å². The quantitative estimate of drug-likeness (QED) is 0.0185. The number of benzene rings is 4. The molecule has 4 aromatic carbocycles. The number of hydrogen-bond acceptors (Lipinski definition) is 18. The first-order valence-electron chi connectivity index (χ1n) is 28.9. The Morgan fingerprint density at radius 1 is 0.583 bits per heavy atom. The first kappa shape index (κ1) is 64.3. The first-order valence-corrected chi connectivity index (χ1v) is 28.9. The Morgan fingerprint density at radius 2 is 0.976 bits per heavy atom. The van der Waals surface area contributed by atoms with Crippen molar-refractivity contribution in [1.82, 2.24) is 21.3 Å². The van der Waals surface area contributed by atoms with Gasteiger partial charge in [-0.15, -0.1) is 0 Å². The zero-order chi connectivity index (χ0) is 60.7. The molecule has 6 N–H and O–H groups in total. The van der Waals surface area contributed by atoms with Gasteiger partial charge in [0.2, 0.25) is 11.8 Å². The number of ether oxygens (including phenoxy) is 8. The van der Waals surface area contributed by atoms with E-state index >= 15 is 0 Å².